The zero-order valence-corrected chi connectivity index (χ0v) is 12.4. The van der Waals surface area contributed by atoms with Crippen LogP contribution in [-0.2, 0) is 0 Å². The topological polar surface area (TPSA) is 82.7 Å². The molecule has 0 saturated carbocycles. The van der Waals surface area contributed by atoms with Gasteiger partial charge in [0.2, 0.25) is 0 Å². The Morgan fingerprint density at radius 2 is 1.83 bits per heavy atom. The zero-order chi connectivity index (χ0) is 16.4. The molecular weight excluding hydrogens is 294 g/mol. The summed E-state index contributed by atoms with van der Waals surface area (Å²) in [7, 11) is 1.80. The summed E-state index contributed by atoms with van der Waals surface area (Å²) in [5.41, 5.74) is 2.00. The summed E-state index contributed by atoms with van der Waals surface area (Å²) in [5, 5.41) is 22.6. The largest absolute Gasteiger partial charge is 0.504 e. The van der Waals surface area contributed by atoms with Gasteiger partial charge < -0.3 is 19.9 Å². The molecule has 0 unspecified atom stereocenters. The van der Waals surface area contributed by atoms with Gasteiger partial charge in [0, 0.05) is 24.2 Å². The van der Waals surface area contributed by atoms with Crippen LogP contribution in [0.1, 0.15) is 11.1 Å². The van der Waals surface area contributed by atoms with Crippen molar-refractivity contribution in [1.29, 1.82) is 0 Å². The molecule has 0 bridgehead atoms. The minimum absolute atomic E-state index is 0.187. The summed E-state index contributed by atoms with van der Waals surface area (Å²) >= 11 is 0. The van der Waals surface area contributed by atoms with Crippen molar-refractivity contribution in [2.24, 2.45) is 0 Å². The number of benzene rings is 2. The van der Waals surface area contributed by atoms with Gasteiger partial charge in [-0.1, -0.05) is 12.1 Å². The molecule has 0 radical (unpaired) electrons. The van der Waals surface area contributed by atoms with Gasteiger partial charge in [-0.05, 0) is 42.0 Å². The average molecular weight is 309 g/mol. The van der Waals surface area contributed by atoms with Crippen molar-refractivity contribution < 1.29 is 14.6 Å². The predicted molar refractivity (Wildman–Crippen MR) is 90.7 cm³/mol. The molecule has 0 spiro atoms. The van der Waals surface area contributed by atoms with Crippen molar-refractivity contribution in [2.45, 2.75) is 0 Å². The molecule has 0 aliphatic heterocycles. The molecule has 23 heavy (non-hydrogen) atoms. The van der Waals surface area contributed by atoms with Crippen molar-refractivity contribution in [3.05, 3.63) is 64.0 Å². The first-order valence-corrected chi connectivity index (χ1v) is 7.02. The van der Waals surface area contributed by atoms with Crippen LogP contribution in [0.5, 0.6) is 11.5 Å². The molecule has 0 saturated heterocycles. The molecule has 1 aromatic heterocycles. The lowest BCUT2D eigenvalue weighted by molar-refractivity contribution is 0.403. The lowest BCUT2D eigenvalue weighted by Crippen LogP contribution is -2.02. The fraction of sp³-hybridized carbons (Fsp3) is 0.0556. The summed E-state index contributed by atoms with van der Waals surface area (Å²) < 4.78 is 5.33. The highest BCUT2D eigenvalue weighted by Gasteiger charge is 2.04. The second-order valence-electron chi connectivity index (χ2n) is 5.07. The molecule has 3 N–H and O–H groups in total. The first-order valence-electron chi connectivity index (χ1n) is 7.02. The Bertz CT molecular complexity index is 957. The number of fused-ring (bicyclic) bond motifs is 1. The standard InChI is InChI=1S/C18H15NO4/c1-19-14-6-5-12-9-13(18(22)23-17(12)10-14)4-2-11-3-7-15(20)16(21)8-11/h2-10,19-21H,1H3/b4-2+. The molecule has 2 aromatic carbocycles. The van der Waals surface area contributed by atoms with E-state index >= 15 is 0 Å². The van der Waals surface area contributed by atoms with Crippen molar-refractivity contribution in [1.82, 2.24) is 0 Å². The van der Waals surface area contributed by atoms with Crippen molar-refractivity contribution in [2.75, 3.05) is 12.4 Å². The fourth-order valence-electron chi connectivity index (χ4n) is 2.23. The van der Waals surface area contributed by atoms with Gasteiger partial charge in [0.05, 0.1) is 5.56 Å². The van der Waals surface area contributed by atoms with Crippen LogP contribution in [0.2, 0.25) is 0 Å². The van der Waals surface area contributed by atoms with Crippen LogP contribution in [0, 0.1) is 0 Å². The van der Waals surface area contributed by atoms with Gasteiger partial charge in [-0.2, -0.15) is 0 Å². The number of phenolic OH excluding ortho intramolecular Hbond substituents is 2. The van der Waals surface area contributed by atoms with Gasteiger partial charge in [0.1, 0.15) is 5.58 Å². The molecule has 3 rings (SSSR count). The number of aromatic hydroxyl groups is 2. The summed E-state index contributed by atoms with van der Waals surface area (Å²) in [6, 6.07) is 11.7. The van der Waals surface area contributed by atoms with Crippen LogP contribution in [0.15, 0.2) is 51.7 Å². The molecule has 0 amide bonds. The van der Waals surface area contributed by atoms with E-state index in [2.05, 4.69) is 5.32 Å². The maximum absolute atomic E-state index is 12.0. The van der Waals surface area contributed by atoms with Gasteiger partial charge in [-0.15, -0.1) is 0 Å². The summed E-state index contributed by atoms with van der Waals surface area (Å²) in [6.07, 6.45) is 3.28. The Labute approximate surface area is 132 Å². The molecule has 0 atom stereocenters. The van der Waals surface area contributed by atoms with E-state index in [0.717, 1.165) is 11.1 Å². The maximum atomic E-state index is 12.0. The van der Waals surface area contributed by atoms with E-state index in [1.807, 2.05) is 12.1 Å². The summed E-state index contributed by atoms with van der Waals surface area (Å²) in [4.78, 5) is 12.0. The van der Waals surface area contributed by atoms with Crippen molar-refractivity contribution in [3.8, 4) is 11.5 Å². The minimum atomic E-state index is -0.440. The Morgan fingerprint density at radius 1 is 1.00 bits per heavy atom. The second kappa shape index (κ2) is 5.88. The minimum Gasteiger partial charge on any atom is -0.504 e. The van der Waals surface area contributed by atoms with Crippen molar-refractivity contribution in [3.63, 3.8) is 0 Å². The molecule has 0 fully saturated rings. The third-order valence-corrected chi connectivity index (χ3v) is 3.51. The number of hydrogen-bond acceptors (Lipinski definition) is 5. The Kier molecular flexibility index (Phi) is 3.76. The smallest absolute Gasteiger partial charge is 0.343 e. The van der Waals surface area contributed by atoms with E-state index in [-0.39, 0.29) is 11.5 Å². The van der Waals surface area contributed by atoms with E-state index in [1.165, 1.54) is 12.1 Å². The van der Waals surface area contributed by atoms with Crippen LogP contribution >= 0.6 is 0 Å². The van der Waals surface area contributed by atoms with Crippen LogP contribution in [0.3, 0.4) is 0 Å². The number of anilines is 1. The SMILES string of the molecule is CNc1ccc2cc(/C=C/c3ccc(O)c(O)c3)c(=O)oc2c1. The van der Waals surface area contributed by atoms with E-state index in [4.69, 9.17) is 4.42 Å². The lowest BCUT2D eigenvalue weighted by Gasteiger charge is -2.02. The van der Waals surface area contributed by atoms with Crippen LogP contribution < -0.4 is 10.9 Å². The van der Waals surface area contributed by atoms with Gasteiger partial charge in [0.25, 0.3) is 0 Å². The van der Waals surface area contributed by atoms with Gasteiger partial charge in [-0.3, -0.25) is 0 Å². The van der Waals surface area contributed by atoms with Crippen molar-refractivity contribution >= 4 is 28.8 Å². The first kappa shape index (κ1) is 14.7. The predicted octanol–water partition coefficient (Wildman–Crippen LogP) is 3.42. The third kappa shape index (κ3) is 3.03. The highest BCUT2D eigenvalue weighted by Crippen LogP contribution is 2.26. The quantitative estimate of drug-likeness (QED) is 0.510. The van der Waals surface area contributed by atoms with Gasteiger partial charge in [-0.25, -0.2) is 4.79 Å². The molecule has 1 heterocycles. The Balaban J connectivity index is 1.99. The Hall–Kier alpha value is -3.21. The van der Waals surface area contributed by atoms with E-state index < -0.39 is 5.63 Å². The molecule has 0 aliphatic rings. The first-order chi connectivity index (χ1) is 11.1. The molecule has 116 valence electrons. The summed E-state index contributed by atoms with van der Waals surface area (Å²) in [6.45, 7) is 0. The molecule has 0 aliphatic carbocycles. The number of phenols is 2. The highest BCUT2D eigenvalue weighted by molar-refractivity contribution is 5.83. The monoisotopic (exact) mass is 309 g/mol. The Morgan fingerprint density at radius 3 is 2.57 bits per heavy atom. The number of hydrogen-bond donors (Lipinski definition) is 3. The third-order valence-electron chi connectivity index (χ3n) is 3.51. The van der Waals surface area contributed by atoms with Gasteiger partial charge >= 0.3 is 5.63 Å². The molecule has 3 aromatic rings. The zero-order valence-electron chi connectivity index (χ0n) is 12.4. The van der Waals surface area contributed by atoms with E-state index in [1.54, 1.807) is 37.4 Å². The van der Waals surface area contributed by atoms with Crippen LogP contribution in [-0.4, -0.2) is 17.3 Å². The van der Waals surface area contributed by atoms with Gasteiger partial charge in [0.15, 0.2) is 11.5 Å². The number of rotatable bonds is 3. The van der Waals surface area contributed by atoms with Crippen LogP contribution in [0.4, 0.5) is 5.69 Å². The van der Waals surface area contributed by atoms with E-state index in [0.29, 0.717) is 16.7 Å². The number of nitrogens with one attached hydrogen (secondary N) is 1. The molecular formula is C18H15NO4. The lowest BCUT2D eigenvalue weighted by atomic mass is 10.1. The maximum Gasteiger partial charge on any atom is 0.343 e. The molecule has 5 nitrogen and oxygen atoms in total. The van der Waals surface area contributed by atoms with Crippen LogP contribution in [0.25, 0.3) is 23.1 Å². The van der Waals surface area contributed by atoms with E-state index in [9.17, 15) is 15.0 Å². The fourth-order valence-corrected chi connectivity index (χ4v) is 2.23. The average Bonchev–Trinajstić information content (AvgIpc) is 2.55. The normalized spacial score (nSPS) is 11.2. The highest BCUT2D eigenvalue weighted by atomic mass is 16.4. The second-order valence-corrected chi connectivity index (χ2v) is 5.07. The molecule has 5 heteroatoms. The summed E-state index contributed by atoms with van der Waals surface area (Å²) in [5.74, 6) is -0.398.